The lowest BCUT2D eigenvalue weighted by molar-refractivity contribution is 0.237. The van der Waals surface area contributed by atoms with Crippen molar-refractivity contribution in [3.05, 3.63) is 23.1 Å². The molecule has 1 aliphatic rings. The minimum absolute atomic E-state index is 0.0934. The third kappa shape index (κ3) is 12.2. The third-order valence-corrected chi connectivity index (χ3v) is 5.97. The quantitative estimate of drug-likeness (QED) is 0.0616. The molecule has 0 aliphatic heterocycles. The number of allylic oxidation sites excluding steroid dienone is 1. The number of amides is 2. The first-order chi connectivity index (χ1) is 15.5. The average molecular weight is 468 g/mol. The highest BCUT2D eigenvalue weighted by Crippen LogP contribution is 2.29. The van der Waals surface area contributed by atoms with E-state index in [4.69, 9.17) is 10.5 Å². The van der Waals surface area contributed by atoms with Gasteiger partial charge in [-0.25, -0.2) is 15.3 Å². The topological polar surface area (TPSA) is 129 Å². The van der Waals surface area contributed by atoms with E-state index >= 15 is 0 Å². The van der Waals surface area contributed by atoms with Gasteiger partial charge in [-0.2, -0.15) is 5.11 Å². The van der Waals surface area contributed by atoms with Crippen LogP contribution in [0.2, 0.25) is 0 Å². The minimum Gasteiger partial charge on any atom is -0.341 e. The van der Waals surface area contributed by atoms with Crippen LogP contribution in [0.4, 0.5) is 4.79 Å². The molecule has 0 radical (unpaired) electrons. The second-order valence-corrected chi connectivity index (χ2v) is 8.56. The molecule has 0 bridgehead atoms. The molecule has 2 amide bonds. The van der Waals surface area contributed by atoms with Crippen LogP contribution in [0.1, 0.15) is 39.0 Å². The predicted molar refractivity (Wildman–Crippen MR) is 134 cm³/mol. The molecule has 2 unspecified atom stereocenters. The van der Waals surface area contributed by atoms with Gasteiger partial charge in [0, 0.05) is 26.2 Å². The number of carbonyl (C=O) groups excluding carboxylic acids is 1. The highest BCUT2D eigenvalue weighted by atomic mass is 32.2. The van der Waals surface area contributed by atoms with Gasteiger partial charge in [-0.1, -0.05) is 30.0 Å². The highest BCUT2D eigenvalue weighted by molar-refractivity contribution is 8.17. The molecule has 0 aromatic heterocycles. The summed E-state index contributed by atoms with van der Waals surface area (Å²) in [6.07, 6.45) is 10.6. The number of carbonyl (C=O) groups is 1. The second kappa shape index (κ2) is 17.6. The first-order valence-corrected chi connectivity index (χ1v) is 12.1. The van der Waals surface area contributed by atoms with Crippen molar-refractivity contribution in [3.8, 4) is 0 Å². The Kier molecular flexibility index (Phi) is 15.4. The van der Waals surface area contributed by atoms with Gasteiger partial charge in [0.05, 0.1) is 13.2 Å². The van der Waals surface area contributed by atoms with Crippen molar-refractivity contribution in [1.29, 1.82) is 5.53 Å². The van der Waals surface area contributed by atoms with Gasteiger partial charge in [0.25, 0.3) is 0 Å². The summed E-state index contributed by atoms with van der Waals surface area (Å²) in [5, 5.41) is 19.9. The van der Waals surface area contributed by atoms with Gasteiger partial charge in [-0.15, -0.1) is 0 Å². The zero-order valence-electron chi connectivity index (χ0n) is 19.9. The fraction of sp³-hybridized carbons (Fsp3) is 0.714. The van der Waals surface area contributed by atoms with Gasteiger partial charge in [0.15, 0.2) is 11.5 Å². The lowest BCUT2D eigenvalue weighted by atomic mass is 10.1. The summed E-state index contributed by atoms with van der Waals surface area (Å²) in [5.74, 6) is 0. The van der Waals surface area contributed by atoms with E-state index in [-0.39, 0.29) is 18.4 Å². The molecule has 1 aliphatic carbocycles. The van der Waals surface area contributed by atoms with Gasteiger partial charge in [0.1, 0.15) is 0 Å². The second-order valence-electron chi connectivity index (χ2n) is 7.46. The molecule has 0 heterocycles. The van der Waals surface area contributed by atoms with Crippen molar-refractivity contribution in [1.82, 2.24) is 31.5 Å². The average Bonchev–Trinajstić information content (AvgIpc) is 2.99. The molecule has 182 valence electrons. The van der Waals surface area contributed by atoms with Gasteiger partial charge in [0.2, 0.25) is 0 Å². The van der Waals surface area contributed by atoms with Crippen LogP contribution in [-0.2, 0) is 0 Å². The lowest BCUT2D eigenvalue weighted by Gasteiger charge is -2.23. The standard InChI is InChI=1S/C21H41N9OS/c1-5-25-20(31)28-17-10-9-11-18(13-12-17)32-21(30(4)16-23-2)29-19(24-3)26-14-7-6-8-15-27-22/h6-7,13,17,19,22-24,26H,5,8-12,14-16H2,1-4H3,(H2,25,28,31)/b7-6+,27-22?,29-21?. The van der Waals surface area contributed by atoms with Crippen LogP contribution in [0, 0.1) is 5.53 Å². The van der Waals surface area contributed by atoms with Gasteiger partial charge < -0.3 is 20.9 Å². The number of thioether (sulfide) groups is 1. The number of urea groups is 1. The number of hydrogen-bond acceptors (Lipinski definition) is 8. The number of hydrogen-bond donors (Lipinski definition) is 6. The SMILES string of the molecule is CCNC(=O)NC1CC=C(SC(=NC(NC)NC/C=C/CCN=N)N(C)CNC)CCC1. The van der Waals surface area contributed by atoms with Crippen LogP contribution in [0.25, 0.3) is 0 Å². The fourth-order valence-corrected chi connectivity index (χ4v) is 4.14. The highest BCUT2D eigenvalue weighted by Gasteiger charge is 2.18. The molecule has 0 saturated heterocycles. The Morgan fingerprint density at radius 3 is 2.91 bits per heavy atom. The van der Waals surface area contributed by atoms with Crippen LogP contribution in [0.3, 0.4) is 0 Å². The van der Waals surface area contributed by atoms with Crippen LogP contribution in [-0.4, -0.2) is 75.9 Å². The van der Waals surface area contributed by atoms with E-state index in [0.717, 1.165) is 37.3 Å². The maximum absolute atomic E-state index is 11.8. The van der Waals surface area contributed by atoms with E-state index in [1.807, 2.05) is 40.2 Å². The summed E-state index contributed by atoms with van der Waals surface area (Å²) in [4.78, 5) is 20.1. The van der Waals surface area contributed by atoms with E-state index in [1.54, 1.807) is 11.8 Å². The Hall–Kier alpha value is -1.95. The van der Waals surface area contributed by atoms with Gasteiger partial charge in [-0.3, -0.25) is 10.6 Å². The Bertz CT molecular complexity index is 639. The molecule has 32 heavy (non-hydrogen) atoms. The molecule has 0 aromatic rings. The Morgan fingerprint density at radius 1 is 1.41 bits per heavy atom. The Labute approximate surface area is 197 Å². The van der Waals surface area contributed by atoms with Crippen LogP contribution >= 0.6 is 11.8 Å². The molecule has 10 nitrogen and oxygen atoms in total. The maximum atomic E-state index is 11.8. The molecule has 0 saturated carbocycles. The Balaban J connectivity index is 2.77. The van der Waals surface area contributed by atoms with Crippen LogP contribution in [0.15, 0.2) is 33.2 Å². The van der Waals surface area contributed by atoms with Crippen LogP contribution < -0.4 is 26.6 Å². The van der Waals surface area contributed by atoms with Gasteiger partial charge in [-0.05, 0) is 58.0 Å². The zero-order chi connectivity index (χ0) is 23.6. The van der Waals surface area contributed by atoms with E-state index in [2.05, 4.69) is 42.7 Å². The van der Waals surface area contributed by atoms with E-state index < -0.39 is 0 Å². The molecule has 6 N–H and O–H groups in total. The first-order valence-electron chi connectivity index (χ1n) is 11.3. The summed E-state index contributed by atoms with van der Waals surface area (Å²) in [6, 6.07) is 0.0699. The van der Waals surface area contributed by atoms with Crippen molar-refractivity contribution in [3.63, 3.8) is 0 Å². The van der Waals surface area contributed by atoms with Crippen molar-refractivity contribution >= 4 is 23.0 Å². The number of nitrogens with zero attached hydrogens (tertiary/aromatic N) is 3. The van der Waals surface area contributed by atoms with Crippen molar-refractivity contribution in [2.75, 3.05) is 47.4 Å². The van der Waals surface area contributed by atoms with Crippen molar-refractivity contribution < 1.29 is 4.79 Å². The maximum Gasteiger partial charge on any atom is 0.315 e. The zero-order valence-corrected chi connectivity index (χ0v) is 20.7. The fourth-order valence-electron chi connectivity index (χ4n) is 3.10. The normalized spacial score (nSPS) is 18.1. The smallest absolute Gasteiger partial charge is 0.315 e. The van der Waals surface area contributed by atoms with E-state index in [9.17, 15) is 4.79 Å². The van der Waals surface area contributed by atoms with E-state index in [0.29, 0.717) is 26.3 Å². The summed E-state index contributed by atoms with van der Waals surface area (Å²) in [6.45, 7) is 4.44. The van der Waals surface area contributed by atoms with Gasteiger partial charge >= 0.3 is 6.03 Å². The predicted octanol–water partition coefficient (Wildman–Crippen LogP) is 2.40. The summed E-state index contributed by atoms with van der Waals surface area (Å²) >= 11 is 1.69. The van der Waals surface area contributed by atoms with Crippen molar-refractivity contribution in [2.24, 2.45) is 10.1 Å². The van der Waals surface area contributed by atoms with Crippen molar-refractivity contribution in [2.45, 2.75) is 51.4 Å². The molecule has 0 spiro atoms. The van der Waals surface area contributed by atoms with Crippen LogP contribution in [0.5, 0.6) is 0 Å². The minimum atomic E-state index is -0.221. The third-order valence-electron chi connectivity index (χ3n) is 4.74. The molecular weight excluding hydrogens is 426 g/mol. The molecule has 0 fully saturated rings. The monoisotopic (exact) mass is 467 g/mol. The lowest BCUT2D eigenvalue weighted by Crippen LogP contribution is -2.41. The number of aliphatic imine (C=N–C) groups is 1. The molecular formula is C21H41N9OS. The molecule has 2 atom stereocenters. The van der Waals surface area contributed by atoms with E-state index in [1.165, 1.54) is 4.91 Å². The molecule has 11 heteroatoms. The first kappa shape index (κ1) is 28.1. The molecule has 1 rings (SSSR count). The summed E-state index contributed by atoms with van der Waals surface area (Å²) in [5.41, 5.74) is 6.82. The largest absolute Gasteiger partial charge is 0.341 e. The number of nitrogens with one attached hydrogen (secondary N) is 6. The number of rotatable bonds is 13. The summed E-state index contributed by atoms with van der Waals surface area (Å²) < 4.78 is 0. The Morgan fingerprint density at radius 2 is 2.22 bits per heavy atom. The molecule has 0 aromatic carbocycles. The number of amidine groups is 1. The summed E-state index contributed by atoms with van der Waals surface area (Å²) in [7, 11) is 5.83.